The zero-order valence-electron chi connectivity index (χ0n) is 15.3. The van der Waals surface area contributed by atoms with Crippen molar-refractivity contribution < 1.29 is 0 Å². The predicted molar refractivity (Wildman–Crippen MR) is 112 cm³/mol. The van der Waals surface area contributed by atoms with Crippen LogP contribution >= 0.6 is 12.4 Å². The van der Waals surface area contributed by atoms with Crippen LogP contribution in [0.1, 0.15) is 50.3 Å². The molecular formula is C23H25ClN2. The average Bonchev–Trinajstić information content (AvgIpc) is 2.85. The topological polar surface area (TPSA) is 17.8 Å². The van der Waals surface area contributed by atoms with Crippen molar-refractivity contribution in [2.24, 2.45) is 5.92 Å². The van der Waals surface area contributed by atoms with Gasteiger partial charge in [-0.25, -0.2) is 0 Å². The van der Waals surface area contributed by atoms with Crippen LogP contribution in [0.2, 0.25) is 0 Å². The van der Waals surface area contributed by atoms with Gasteiger partial charge in [0, 0.05) is 23.5 Å². The minimum absolute atomic E-state index is 0. The van der Waals surface area contributed by atoms with Gasteiger partial charge in [0.2, 0.25) is 0 Å². The van der Waals surface area contributed by atoms with Crippen molar-refractivity contribution in [3.8, 4) is 0 Å². The second-order valence-electron chi connectivity index (χ2n) is 7.83. The number of allylic oxidation sites excluding steroid dienone is 7. The molecule has 134 valence electrons. The van der Waals surface area contributed by atoms with E-state index in [1.165, 1.54) is 57.4 Å². The van der Waals surface area contributed by atoms with E-state index in [9.17, 15) is 0 Å². The summed E-state index contributed by atoms with van der Waals surface area (Å²) < 4.78 is 2.56. The molecule has 2 nitrogen and oxygen atoms in total. The van der Waals surface area contributed by atoms with E-state index in [2.05, 4.69) is 53.5 Å². The quantitative estimate of drug-likeness (QED) is 0.569. The second-order valence-corrected chi connectivity index (χ2v) is 7.83. The van der Waals surface area contributed by atoms with Crippen LogP contribution < -0.4 is 0 Å². The van der Waals surface area contributed by atoms with Crippen LogP contribution in [-0.4, -0.2) is 9.55 Å². The second kappa shape index (κ2) is 6.59. The van der Waals surface area contributed by atoms with Crippen molar-refractivity contribution in [2.45, 2.75) is 45.4 Å². The van der Waals surface area contributed by atoms with Gasteiger partial charge in [-0.3, -0.25) is 4.98 Å². The Hall–Kier alpha value is -2.06. The lowest BCUT2D eigenvalue weighted by atomic mass is 9.83. The van der Waals surface area contributed by atoms with E-state index in [0.29, 0.717) is 0 Å². The van der Waals surface area contributed by atoms with Gasteiger partial charge in [-0.2, -0.15) is 0 Å². The third kappa shape index (κ3) is 2.59. The molecule has 2 aromatic rings. The van der Waals surface area contributed by atoms with Crippen LogP contribution in [-0.2, 0) is 6.42 Å². The highest BCUT2D eigenvalue weighted by molar-refractivity contribution is 5.96. The molecule has 1 aliphatic heterocycles. The molecule has 1 unspecified atom stereocenters. The highest BCUT2D eigenvalue weighted by atomic mass is 35.5. The van der Waals surface area contributed by atoms with Crippen LogP contribution in [0.3, 0.4) is 0 Å². The van der Waals surface area contributed by atoms with Crippen LogP contribution in [0.15, 0.2) is 54.4 Å². The summed E-state index contributed by atoms with van der Waals surface area (Å²) in [7, 11) is 0. The van der Waals surface area contributed by atoms with Gasteiger partial charge in [0.25, 0.3) is 0 Å². The summed E-state index contributed by atoms with van der Waals surface area (Å²) >= 11 is 0. The summed E-state index contributed by atoms with van der Waals surface area (Å²) in [4.78, 5) is 4.41. The molecule has 0 spiro atoms. The monoisotopic (exact) mass is 364 g/mol. The van der Waals surface area contributed by atoms with Gasteiger partial charge in [0.05, 0.1) is 11.2 Å². The van der Waals surface area contributed by atoms with E-state index in [0.717, 1.165) is 31.6 Å². The van der Waals surface area contributed by atoms with Gasteiger partial charge >= 0.3 is 0 Å². The first-order valence-corrected chi connectivity index (χ1v) is 9.45. The number of nitrogens with zero attached hydrogens (tertiary/aromatic N) is 2. The number of rotatable bonds is 2. The molecule has 5 rings (SSSR count). The van der Waals surface area contributed by atoms with Gasteiger partial charge in [-0.15, -0.1) is 19.0 Å². The van der Waals surface area contributed by atoms with E-state index in [-0.39, 0.29) is 12.4 Å². The lowest BCUT2D eigenvalue weighted by molar-refractivity contribution is 0.467. The molecule has 1 atom stereocenters. The molecule has 0 N–H and O–H groups in total. The molecule has 3 aliphatic rings. The van der Waals surface area contributed by atoms with Crippen LogP contribution in [0.25, 0.3) is 22.2 Å². The normalized spacial score (nSPS) is 20.8. The Morgan fingerprint density at radius 3 is 3.04 bits per heavy atom. The van der Waals surface area contributed by atoms with Crippen molar-refractivity contribution in [1.82, 2.24) is 9.55 Å². The Morgan fingerprint density at radius 2 is 2.19 bits per heavy atom. The van der Waals surface area contributed by atoms with Crippen LogP contribution in [0, 0.1) is 5.92 Å². The standard InChI is InChI=1S/C23H24N2.ClH/c1-15(2)12-16-6-9-21-18(13-16)8-7-17-4-3-5-19-20-14-24-11-10-22(20)25(21)23(17)19;/h4,7-8,10-11,14,16H,1,3,5-6,9,12-13H2,2H3;1H. The lowest BCUT2D eigenvalue weighted by Crippen LogP contribution is -2.14. The molecule has 0 radical (unpaired) electrons. The fraction of sp³-hybridized carbons (Fsp3) is 0.348. The molecule has 0 amide bonds. The Labute approximate surface area is 161 Å². The number of halogens is 1. The third-order valence-electron chi connectivity index (χ3n) is 5.95. The molecule has 26 heavy (non-hydrogen) atoms. The predicted octanol–water partition coefficient (Wildman–Crippen LogP) is 6.33. The third-order valence-corrected chi connectivity index (χ3v) is 5.95. The number of aromatic nitrogens is 2. The number of hydrogen-bond donors (Lipinski definition) is 0. The van der Waals surface area contributed by atoms with Crippen molar-refractivity contribution in [3.05, 3.63) is 65.7 Å². The van der Waals surface area contributed by atoms with Gasteiger partial charge in [-0.1, -0.05) is 23.8 Å². The smallest absolute Gasteiger partial charge is 0.0567 e. The van der Waals surface area contributed by atoms with E-state index >= 15 is 0 Å². The largest absolute Gasteiger partial charge is 0.312 e. The van der Waals surface area contributed by atoms with Crippen LogP contribution in [0.4, 0.5) is 0 Å². The maximum atomic E-state index is 4.41. The summed E-state index contributed by atoms with van der Waals surface area (Å²) in [5, 5.41) is 1.34. The van der Waals surface area contributed by atoms with Gasteiger partial charge < -0.3 is 4.57 Å². The Bertz CT molecular complexity index is 987. The molecule has 0 saturated heterocycles. The maximum Gasteiger partial charge on any atom is 0.0567 e. The average molecular weight is 365 g/mol. The summed E-state index contributed by atoms with van der Waals surface area (Å²) in [6, 6.07) is 2.20. The first-order chi connectivity index (χ1) is 12.2. The number of fused-ring (bicyclic) bond motifs is 4. The fourth-order valence-electron chi connectivity index (χ4n) is 4.96. The van der Waals surface area contributed by atoms with Crippen molar-refractivity contribution in [3.63, 3.8) is 0 Å². The molecule has 3 heteroatoms. The maximum absolute atomic E-state index is 4.41. The summed E-state index contributed by atoms with van der Waals surface area (Å²) in [6.07, 6.45) is 18.2. The van der Waals surface area contributed by atoms with Gasteiger partial charge in [-0.05, 0) is 74.1 Å². The molecule has 2 aromatic heterocycles. The molecule has 0 fully saturated rings. The minimum Gasteiger partial charge on any atom is -0.312 e. The Balaban J connectivity index is 0.00000168. The van der Waals surface area contributed by atoms with Crippen molar-refractivity contribution in [1.29, 1.82) is 0 Å². The number of pyridine rings is 1. The van der Waals surface area contributed by atoms with Gasteiger partial charge in [0.15, 0.2) is 0 Å². The van der Waals surface area contributed by atoms with Crippen molar-refractivity contribution in [2.75, 3.05) is 0 Å². The fourth-order valence-corrected chi connectivity index (χ4v) is 4.96. The van der Waals surface area contributed by atoms with Gasteiger partial charge in [0.1, 0.15) is 0 Å². The summed E-state index contributed by atoms with van der Waals surface area (Å²) in [6.45, 7) is 6.29. The summed E-state index contributed by atoms with van der Waals surface area (Å²) in [5.41, 5.74) is 9.98. The molecular weight excluding hydrogens is 340 g/mol. The zero-order valence-corrected chi connectivity index (χ0v) is 16.1. The first kappa shape index (κ1) is 17.4. The molecule has 0 saturated carbocycles. The minimum atomic E-state index is 0. The molecule has 2 aliphatic carbocycles. The molecule has 0 bridgehead atoms. The first-order valence-electron chi connectivity index (χ1n) is 9.45. The number of hydrogen-bond acceptors (Lipinski definition) is 1. The Kier molecular flexibility index (Phi) is 4.40. The van der Waals surface area contributed by atoms with E-state index < -0.39 is 0 Å². The van der Waals surface area contributed by atoms with Crippen molar-refractivity contribution >= 4 is 34.6 Å². The van der Waals surface area contributed by atoms with E-state index in [1.54, 1.807) is 0 Å². The Morgan fingerprint density at radius 1 is 1.31 bits per heavy atom. The number of aryl methyl sites for hydroxylation is 1. The SMILES string of the molecule is C=C(C)CC1CCC2=C(C=CC3=CCCc4c3n2c2ccncc42)C1.Cl. The lowest BCUT2D eigenvalue weighted by Gasteiger charge is -2.27. The van der Waals surface area contributed by atoms with E-state index in [1.807, 2.05) is 6.20 Å². The highest BCUT2D eigenvalue weighted by Gasteiger charge is 2.29. The highest BCUT2D eigenvalue weighted by Crippen LogP contribution is 2.45. The zero-order chi connectivity index (χ0) is 17.0. The summed E-state index contributed by atoms with van der Waals surface area (Å²) in [5.74, 6) is 0.739. The van der Waals surface area contributed by atoms with E-state index in [4.69, 9.17) is 0 Å². The molecule has 3 heterocycles. The molecule has 0 aromatic carbocycles. The van der Waals surface area contributed by atoms with Crippen LogP contribution in [0.5, 0.6) is 0 Å².